The van der Waals surface area contributed by atoms with Crippen LogP contribution in [0.4, 0.5) is 0 Å². The van der Waals surface area contributed by atoms with E-state index in [-0.39, 0.29) is 24.0 Å². The van der Waals surface area contributed by atoms with Crippen LogP contribution in [0.1, 0.15) is 45.4 Å². The number of nitrogens with one attached hydrogen (secondary N) is 1. The summed E-state index contributed by atoms with van der Waals surface area (Å²) in [6, 6.07) is 0. The minimum absolute atomic E-state index is 0. The molecule has 1 aliphatic heterocycles. The zero-order valence-corrected chi connectivity index (χ0v) is 16.1. The van der Waals surface area contributed by atoms with Gasteiger partial charge in [0.05, 0.1) is 6.54 Å². The summed E-state index contributed by atoms with van der Waals surface area (Å²) in [6.45, 7) is 6.51. The SMILES string of the molecule is CCNC(=NCCSC)N1CCC2(CCCCC2)C1.I. The molecule has 20 heavy (non-hydrogen) atoms. The van der Waals surface area contributed by atoms with Gasteiger partial charge in [-0.25, -0.2) is 0 Å². The molecule has 0 bridgehead atoms. The van der Waals surface area contributed by atoms with Gasteiger partial charge in [-0.3, -0.25) is 4.99 Å². The Bertz CT molecular complexity index is 303. The Morgan fingerprint density at radius 1 is 1.25 bits per heavy atom. The fourth-order valence-electron chi connectivity index (χ4n) is 3.49. The first-order chi connectivity index (χ1) is 9.29. The van der Waals surface area contributed by atoms with Gasteiger partial charge in [0, 0.05) is 25.4 Å². The normalized spacial score (nSPS) is 21.9. The number of guanidine groups is 1. The Morgan fingerprint density at radius 3 is 2.65 bits per heavy atom. The van der Waals surface area contributed by atoms with Crippen LogP contribution in [0.5, 0.6) is 0 Å². The highest BCUT2D eigenvalue weighted by atomic mass is 127. The lowest BCUT2D eigenvalue weighted by Gasteiger charge is -2.33. The molecule has 1 heterocycles. The molecule has 1 aliphatic carbocycles. The molecule has 0 unspecified atom stereocenters. The van der Waals surface area contributed by atoms with Crippen LogP contribution >= 0.6 is 35.7 Å². The van der Waals surface area contributed by atoms with Crippen molar-refractivity contribution in [2.75, 3.05) is 38.2 Å². The lowest BCUT2D eigenvalue weighted by molar-refractivity contribution is 0.203. The number of aliphatic imine (C=N–C) groups is 1. The van der Waals surface area contributed by atoms with Gasteiger partial charge in [-0.05, 0) is 37.9 Å². The highest BCUT2D eigenvalue weighted by Gasteiger charge is 2.39. The molecule has 0 aromatic carbocycles. The number of rotatable bonds is 4. The van der Waals surface area contributed by atoms with Crippen LogP contribution in [0.15, 0.2) is 4.99 Å². The Hall–Kier alpha value is 0.350. The van der Waals surface area contributed by atoms with Gasteiger partial charge in [-0.1, -0.05) is 19.3 Å². The zero-order chi connectivity index (χ0) is 13.6. The van der Waals surface area contributed by atoms with Crippen LogP contribution < -0.4 is 5.32 Å². The molecule has 0 amide bonds. The first-order valence-electron chi connectivity index (χ1n) is 7.82. The molecule has 5 heteroatoms. The van der Waals surface area contributed by atoms with E-state index in [4.69, 9.17) is 4.99 Å². The molecule has 1 N–H and O–H groups in total. The van der Waals surface area contributed by atoms with Gasteiger partial charge < -0.3 is 10.2 Å². The van der Waals surface area contributed by atoms with Crippen molar-refractivity contribution in [3.8, 4) is 0 Å². The molecule has 3 nitrogen and oxygen atoms in total. The van der Waals surface area contributed by atoms with Crippen LogP contribution in [0.3, 0.4) is 0 Å². The van der Waals surface area contributed by atoms with E-state index in [1.807, 2.05) is 11.8 Å². The van der Waals surface area contributed by atoms with Crippen LogP contribution in [-0.4, -0.2) is 49.0 Å². The maximum atomic E-state index is 4.77. The molecule has 0 radical (unpaired) electrons. The number of hydrogen-bond acceptors (Lipinski definition) is 2. The molecule has 2 rings (SSSR count). The predicted molar refractivity (Wildman–Crippen MR) is 101 cm³/mol. The molecule has 0 atom stereocenters. The van der Waals surface area contributed by atoms with Crippen LogP contribution in [0, 0.1) is 5.41 Å². The highest BCUT2D eigenvalue weighted by Crippen LogP contribution is 2.43. The minimum atomic E-state index is 0. The second kappa shape index (κ2) is 9.38. The average molecular weight is 411 g/mol. The quantitative estimate of drug-likeness (QED) is 0.332. The zero-order valence-electron chi connectivity index (χ0n) is 13.0. The molecular weight excluding hydrogens is 381 g/mol. The topological polar surface area (TPSA) is 27.6 Å². The van der Waals surface area contributed by atoms with Gasteiger partial charge in [-0.2, -0.15) is 11.8 Å². The van der Waals surface area contributed by atoms with Crippen molar-refractivity contribution in [2.45, 2.75) is 45.4 Å². The van der Waals surface area contributed by atoms with Gasteiger partial charge >= 0.3 is 0 Å². The van der Waals surface area contributed by atoms with Gasteiger partial charge in [0.2, 0.25) is 0 Å². The summed E-state index contributed by atoms with van der Waals surface area (Å²) in [6.07, 6.45) is 10.7. The summed E-state index contributed by atoms with van der Waals surface area (Å²) in [5.41, 5.74) is 0.619. The lowest BCUT2D eigenvalue weighted by atomic mass is 9.73. The first-order valence-corrected chi connectivity index (χ1v) is 9.21. The van der Waals surface area contributed by atoms with Crippen LogP contribution in [-0.2, 0) is 0 Å². The van der Waals surface area contributed by atoms with E-state index < -0.39 is 0 Å². The number of thioether (sulfide) groups is 1. The molecule has 1 saturated heterocycles. The van der Waals surface area contributed by atoms with E-state index in [1.54, 1.807) is 0 Å². The maximum Gasteiger partial charge on any atom is 0.193 e. The molecule has 2 aliphatic rings. The fraction of sp³-hybridized carbons (Fsp3) is 0.933. The standard InChI is InChI=1S/C15H29N3S.HI/c1-3-16-14(17-10-12-19-2)18-11-9-15(13-18)7-5-4-6-8-15;/h3-13H2,1-2H3,(H,16,17);1H. The van der Waals surface area contributed by atoms with Gasteiger partial charge in [0.25, 0.3) is 0 Å². The fourth-order valence-corrected chi connectivity index (χ4v) is 3.77. The molecule has 2 fully saturated rings. The largest absolute Gasteiger partial charge is 0.357 e. The van der Waals surface area contributed by atoms with Gasteiger partial charge in [0.15, 0.2) is 5.96 Å². The van der Waals surface area contributed by atoms with Crippen LogP contribution in [0.25, 0.3) is 0 Å². The van der Waals surface area contributed by atoms with Crippen LogP contribution in [0.2, 0.25) is 0 Å². The summed E-state index contributed by atoms with van der Waals surface area (Å²) < 4.78 is 0. The highest BCUT2D eigenvalue weighted by molar-refractivity contribution is 14.0. The van der Waals surface area contributed by atoms with E-state index in [1.165, 1.54) is 51.6 Å². The Labute approximate surface area is 145 Å². The lowest BCUT2D eigenvalue weighted by Crippen LogP contribution is -2.41. The third-order valence-corrected chi connectivity index (χ3v) is 5.13. The molecule has 0 aromatic heterocycles. The molecule has 1 saturated carbocycles. The van der Waals surface area contributed by atoms with Crippen molar-refractivity contribution in [3.05, 3.63) is 0 Å². The minimum Gasteiger partial charge on any atom is -0.357 e. The Morgan fingerprint density at radius 2 is 2.00 bits per heavy atom. The maximum absolute atomic E-state index is 4.77. The average Bonchev–Trinajstić information content (AvgIpc) is 2.82. The van der Waals surface area contributed by atoms with Crippen molar-refractivity contribution in [3.63, 3.8) is 0 Å². The summed E-state index contributed by atoms with van der Waals surface area (Å²) in [7, 11) is 0. The molecule has 118 valence electrons. The van der Waals surface area contributed by atoms with E-state index in [2.05, 4.69) is 23.4 Å². The van der Waals surface area contributed by atoms with Crippen molar-refractivity contribution in [2.24, 2.45) is 10.4 Å². The smallest absolute Gasteiger partial charge is 0.193 e. The van der Waals surface area contributed by atoms with Crippen molar-refractivity contribution >= 4 is 41.7 Å². The predicted octanol–water partition coefficient (Wildman–Crippen LogP) is 3.59. The van der Waals surface area contributed by atoms with E-state index >= 15 is 0 Å². The summed E-state index contributed by atoms with van der Waals surface area (Å²) in [5, 5.41) is 3.47. The Balaban J connectivity index is 0.00000200. The second-order valence-electron chi connectivity index (χ2n) is 5.96. The van der Waals surface area contributed by atoms with Crippen molar-refractivity contribution in [1.29, 1.82) is 0 Å². The molecular formula is C15H30IN3S. The second-order valence-corrected chi connectivity index (χ2v) is 6.95. The summed E-state index contributed by atoms with van der Waals surface area (Å²) in [5.74, 6) is 2.27. The van der Waals surface area contributed by atoms with Gasteiger partial charge in [-0.15, -0.1) is 24.0 Å². The summed E-state index contributed by atoms with van der Waals surface area (Å²) >= 11 is 1.87. The Kier molecular flexibility index (Phi) is 8.63. The third kappa shape index (κ3) is 4.97. The number of hydrogen-bond donors (Lipinski definition) is 1. The monoisotopic (exact) mass is 411 g/mol. The third-order valence-electron chi connectivity index (χ3n) is 4.54. The number of nitrogens with zero attached hydrogens (tertiary/aromatic N) is 2. The van der Waals surface area contributed by atoms with E-state index in [0.717, 1.165) is 24.8 Å². The van der Waals surface area contributed by atoms with Crippen molar-refractivity contribution < 1.29 is 0 Å². The number of likely N-dealkylation sites (tertiary alicyclic amines) is 1. The van der Waals surface area contributed by atoms with E-state index in [9.17, 15) is 0 Å². The molecule has 1 spiro atoms. The first kappa shape index (κ1) is 18.4. The van der Waals surface area contributed by atoms with Crippen molar-refractivity contribution in [1.82, 2.24) is 10.2 Å². The van der Waals surface area contributed by atoms with E-state index in [0.29, 0.717) is 5.41 Å². The molecule has 0 aromatic rings. The number of halogens is 1. The van der Waals surface area contributed by atoms with Gasteiger partial charge in [0.1, 0.15) is 0 Å². The summed E-state index contributed by atoms with van der Waals surface area (Å²) in [4.78, 5) is 7.28.